The molecule has 8 nitrogen and oxygen atoms in total. The number of nitrogens with one attached hydrogen (secondary N) is 1. The van der Waals surface area contributed by atoms with Crippen LogP contribution in [0.1, 0.15) is 28.9 Å². The fourth-order valence-corrected chi connectivity index (χ4v) is 3.81. The number of halogens is 1. The zero-order valence-corrected chi connectivity index (χ0v) is 17.2. The van der Waals surface area contributed by atoms with Crippen molar-refractivity contribution in [3.8, 4) is 5.69 Å². The number of likely N-dealkylation sites (tertiary alicyclic amines) is 1. The van der Waals surface area contributed by atoms with Gasteiger partial charge in [0.15, 0.2) is 0 Å². The maximum absolute atomic E-state index is 13.2. The standard InChI is InChI=1S/C23H22FN5O3/c24-16-6-8-18(9-7-16)29-21(30)11-10-19(27-29)23(32)26-17-4-1-3-15(13-17)14-28-12-2-5-20(28)22(25)31/h1,3-4,6-11,13,20H,2,5,12,14H2,(H2,25,31)(H,26,32). The summed E-state index contributed by atoms with van der Waals surface area (Å²) in [6, 6.07) is 14.8. The maximum atomic E-state index is 13.2. The lowest BCUT2D eigenvalue weighted by Crippen LogP contribution is -2.39. The van der Waals surface area contributed by atoms with E-state index in [1.165, 1.54) is 36.4 Å². The number of carbonyl (C=O) groups excluding carboxylic acids is 2. The smallest absolute Gasteiger partial charge is 0.276 e. The molecule has 3 aromatic rings. The molecule has 1 fully saturated rings. The van der Waals surface area contributed by atoms with Crippen LogP contribution in [-0.4, -0.2) is 39.1 Å². The number of hydrogen-bond acceptors (Lipinski definition) is 5. The minimum atomic E-state index is -0.491. The zero-order valence-electron chi connectivity index (χ0n) is 17.2. The van der Waals surface area contributed by atoms with Crippen LogP contribution >= 0.6 is 0 Å². The van der Waals surface area contributed by atoms with Crippen LogP contribution in [0.2, 0.25) is 0 Å². The second kappa shape index (κ2) is 9.11. The average molecular weight is 435 g/mol. The molecule has 0 spiro atoms. The summed E-state index contributed by atoms with van der Waals surface area (Å²) in [5.74, 6) is -1.25. The molecule has 0 aliphatic carbocycles. The number of benzene rings is 2. The minimum Gasteiger partial charge on any atom is -0.368 e. The number of nitrogens with two attached hydrogens (primary N) is 1. The van der Waals surface area contributed by atoms with Crippen molar-refractivity contribution < 1.29 is 14.0 Å². The van der Waals surface area contributed by atoms with E-state index in [2.05, 4.69) is 10.4 Å². The van der Waals surface area contributed by atoms with Gasteiger partial charge in [-0.2, -0.15) is 9.78 Å². The van der Waals surface area contributed by atoms with E-state index in [0.717, 1.165) is 29.6 Å². The van der Waals surface area contributed by atoms with E-state index >= 15 is 0 Å². The second-order valence-corrected chi connectivity index (χ2v) is 7.63. The highest BCUT2D eigenvalue weighted by Crippen LogP contribution is 2.21. The highest BCUT2D eigenvalue weighted by atomic mass is 19.1. The molecule has 1 saturated heterocycles. The van der Waals surface area contributed by atoms with Gasteiger partial charge in [0.05, 0.1) is 11.7 Å². The molecule has 1 aliphatic rings. The predicted molar refractivity (Wildman–Crippen MR) is 117 cm³/mol. The summed E-state index contributed by atoms with van der Waals surface area (Å²) in [5.41, 5.74) is 6.92. The van der Waals surface area contributed by atoms with Gasteiger partial charge in [0, 0.05) is 18.3 Å². The number of anilines is 1. The van der Waals surface area contributed by atoms with Gasteiger partial charge >= 0.3 is 0 Å². The minimum absolute atomic E-state index is 0.0349. The van der Waals surface area contributed by atoms with E-state index < -0.39 is 17.3 Å². The Morgan fingerprint density at radius 1 is 1.12 bits per heavy atom. The molecule has 3 N–H and O–H groups in total. The van der Waals surface area contributed by atoms with E-state index in [0.29, 0.717) is 17.9 Å². The van der Waals surface area contributed by atoms with Crippen LogP contribution in [0.15, 0.2) is 65.5 Å². The van der Waals surface area contributed by atoms with Gasteiger partial charge in [0.2, 0.25) is 5.91 Å². The van der Waals surface area contributed by atoms with E-state index in [-0.39, 0.29) is 17.6 Å². The van der Waals surface area contributed by atoms with Gasteiger partial charge in [-0.05, 0) is 67.4 Å². The normalized spacial score (nSPS) is 16.1. The maximum Gasteiger partial charge on any atom is 0.276 e. The molecule has 2 aromatic carbocycles. The Morgan fingerprint density at radius 2 is 1.91 bits per heavy atom. The molecule has 4 rings (SSSR count). The second-order valence-electron chi connectivity index (χ2n) is 7.63. The number of amides is 2. The van der Waals surface area contributed by atoms with Crippen molar-refractivity contribution in [2.45, 2.75) is 25.4 Å². The Hall–Kier alpha value is -3.85. The van der Waals surface area contributed by atoms with Gasteiger partial charge in [0.1, 0.15) is 11.5 Å². The first-order chi connectivity index (χ1) is 15.4. The third kappa shape index (κ3) is 4.73. The number of primary amides is 1. The average Bonchev–Trinajstić information content (AvgIpc) is 3.23. The number of rotatable bonds is 6. The van der Waals surface area contributed by atoms with Gasteiger partial charge in [-0.1, -0.05) is 12.1 Å². The van der Waals surface area contributed by atoms with Crippen LogP contribution in [0.5, 0.6) is 0 Å². The van der Waals surface area contributed by atoms with Crippen molar-refractivity contribution >= 4 is 17.5 Å². The van der Waals surface area contributed by atoms with Crippen LogP contribution in [-0.2, 0) is 11.3 Å². The van der Waals surface area contributed by atoms with E-state index in [4.69, 9.17) is 5.73 Å². The third-order valence-corrected chi connectivity index (χ3v) is 5.37. The Labute approximate surface area is 183 Å². The molecule has 1 atom stereocenters. The molecule has 0 saturated carbocycles. The van der Waals surface area contributed by atoms with Crippen LogP contribution < -0.4 is 16.6 Å². The molecular formula is C23H22FN5O3. The van der Waals surface area contributed by atoms with Crippen molar-refractivity contribution in [2.75, 3.05) is 11.9 Å². The molecule has 1 unspecified atom stereocenters. The van der Waals surface area contributed by atoms with Crippen LogP contribution in [0.4, 0.5) is 10.1 Å². The fraction of sp³-hybridized carbons (Fsp3) is 0.217. The zero-order chi connectivity index (χ0) is 22.7. The van der Waals surface area contributed by atoms with Gasteiger partial charge in [-0.15, -0.1) is 0 Å². The first-order valence-corrected chi connectivity index (χ1v) is 10.2. The quantitative estimate of drug-likeness (QED) is 0.616. The van der Waals surface area contributed by atoms with Crippen molar-refractivity contribution in [1.82, 2.24) is 14.7 Å². The molecule has 1 aromatic heterocycles. The van der Waals surface area contributed by atoms with Gasteiger partial charge in [-0.25, -0.2) is 4.39 Å². The molecule has 9 heteroatoms. The van der Waals surface area contributed by atoms with Crippen LogP contribution in [0.25, 0.3) is 5.69 Å². The Kier molecular flexibility index (Phi) is 6.09. The summed E-state index contributed by atoms with van der Waals surface area (Å²) in [6.45, 7) is 1.34. The molecule has 164 valence electrons. The Balaban J connectivity index is 1.50. The van der Waals surface area contributed by atoms with Gasteiger partial charge in [-0.3, -0.25) is 19.3 Å². The predicted octanol–water partition coefficient (Wildman–Crippen LogP) is 2.07. The Bertz CT molecular complexity index is 1210. The van der Waals surface area contributed by atoms with Crippen LogP contribution in [0.3, 0.4) is 0 Å². The first-order valence-electron chi connectivity index (χ1n) is 10.2. The molecule has 32 heavy (non-hydrogen) atoms. The monoisotopic (exact) mass is 435 g/mol. The largest absolute Gasteiger partial charge is 0.368 e. The van der Waals surface area contributed by atoms with E-state index in [9.17, 15) is 18.8 Å². The summed E-state index contributed by atoms with van der Waals surface area (Å²) < 4.78 is 14.2. The molecule has 0 bridgehead atoms. The van der Waals surface area contributed by atoms with Crippen molar-refractivity contribution in [1.29, 1.82) is 0 Å². The highest BCUT2D eigenvalue weighted by Gasteiger charge is 2.28. The molecule has 1 aliphatic heterocycles. The van der Waals surface area contributed by atoms with Crippen LogP contribution in [0, 0.1) is 5.82 Å². The lowest BCUT2D eigenvalue weighted by atomic mass is 10.1. The Morgan fingerprint density at radius 3 is 2.66 bits per heavy atom. The third-order valence-electron chi connectivity index (χ3n) is 5.37. The summed E-state index contributed by atoms with van der Waals surface area (Å²) in [4.78, 5) is 38.5. The molecule has 2 amide bonds. The summed E-state index contributed by atoms with van der Waals surface area (Å²) >= 11 is 0. The lowest BCUT2D eigenvalue weighted by Gasteiger charge is -2.22. The lowest BCUT2D eigenvalue weighted by molar-refractivity contribution is -0.122. The summed E-state index contributed by atoms with van der Waals surface area (Å²) in [5, 5.41) is 6.89. The highest BCUT2D eigenvalue weighted by molar-refractivity contribution is 6.02. The number of nitrogens with zero attached hydrogens (tertiary/aromatic N) is 3. The molecule has 0 radical (unpaired) electrons. The number of hydrogen-bond donors (Lipinski definition) is 2. The topological polar surface area (TPSA) is 110 Å². The summed E-state index contributed by atoms with van der Waals surface area (Å²) in [6.07, 6.45) is 1.67. The van der Waals surface area contributed by atoms with Gasteiger partial charge < -0.3 is 11.1 Å². The number of aromatic nitrogens is 2. The van der Waals surface area contributed by atoms with E-state index in [1.807, 2.05) is 23.1 Å². The molecular weight excluding hydrogens is 413 g/mol. The van der Waals surface area contributed by atoms with Crippen molar-refractivity contribution in [3.63, 3.8) is 0 Å². The van der Waals surface area contributed by atoms with Crippen molar-refractivity contribution in [2.24, 2.45) is 5.73 Å². The number of carbonyl (C=O) groups is 2. The van der Waals surface area contributed by atoms with Gasteiger partial charge in [0.25, 0.3) is 11.5 Å². The van der Waals surface area contributed by atoms with Crippen molar-refractivity contribution in [3.05, 3.63) is 88.1 Å². The summed E-state index contributed by atoms with van der Waals surface area (Å²) in [7, 11) is 0. The SMILES string of the molecule is NC(=O)C1CCCN1Cc1cccc(NC(=O)c2ccc(=O)n(-c3ccc(F)cc3)n2)c1. The van der Waals surface area contributed by atoms with E-state index in [1.54, 1.807) is 6.07 Å². The molecule has 2 heterocycles. The first kappa shape index (κ1) is 21.4. The fourth-order valence-electron chi connectivity index (χ4n) is 3.81.